The predicted molar refractivity (Wildman–Crippen MR) is 122 cm³/mol. The van der Waals surface area contributed by atoms with Gasteiger partial charge in [-0.3, -0.25) is 0 Å². The number of ether oxygens (including phenoxy) is 1. The van der Waals surface area contributed by atoms with Crippen LogP contribution in [0.15, 0.2) is 36.4 Å². The summed E-state index contributed by atoms with van der Waals surface area (Å²) in [5.41, 5.74) is 1.41. The summed E-state index contributed by atoms with van der Waals surface area (Å²) in [7, 11) is 0. The molecule has 5 nitrogen and oxygen atoms in total. The van der Waals surface area contributed by atoms with Crippen molar-refractivity contribution in [2.24, 2.45) is 0 Å². The van der Waals surface area contributed by atoms with Crippen molar-refractivity contribution < 1.29 is 14.6 Å². The molecule has 1 aliphatic heterocycles. The fourth-order valence-electron chi connectivity index (χ4n) is 4.27. The number of carbonyl (C=O) groups is 1. The molecule has 1 amide bonds. The van der Waals surface area contributed by atoms with Crippen LogP contribution < -0.4 is 0 Å². The van der Waals surface area contributed by atoms with Crippen LogP contribution in [-0.2, 0) is 4.74 Å². The van der Waals surface area contributed by atoms with Crippen molar-refractivity contribution in [3.63, 3.8) is 0 Å². The highest BCUT2D eigenvalue weighted by Gasteiger charge is 2.32. The summed E-state index contributed by atoms with van der Waals surface area (Å²) in [5.74, 6) is 0. The second-order valence-electron chi connectivity index (χ2n) is 8.90. The Morgan fingerprint density at radius 3 is 2.17 bits per heavy atom. The molecule has 0 spiro atoms. The fourth-order valence-corrected chi connectivity index (χ4v) is 4.62. The van der Waals surface area contributed by atoms with Gasteiger partial charge in [0.25, 0.3) is 0 Å². The first kappa shape index (κ1) is 21.3. The average molecular weight is 449 g/mol. The summed E-state index contributed by atoms with van der Waals surface area (Å²) in [5, 5.41) is 14.4. The van der Waals surface area contributed by atoms with Gasteiger partial charge in [-0.25, -0.2) is 4.79 Å². The number of β-amino-alcohol motifs (C(OH)–C–C–N with tert-alkyl or cyclic N) is 1. The van der Waals surface area contributed by atoms with Gasteiger partial charge in [0.1, 0.15) is 5.60 Å². The Morgan fingerprint density at radius 2 is 1.63 bits per heavy atom. The van der Waals surface area contributed by atoms with Crippen molar-refractivity contribution >= 4 is 51.1 Å². The summed E-state index contributed by atoms with van der Waals surface area (Å²) in [6.45, 7) is 6.31. The lowest BCUT2D eigenvalue weighted by Crippen LogP contribution is -2.41. The molecule has 0 unspecified atom stereocenters. The van der Waals surface area contributed by atoms with Crippen molar-refractivity contribution in [1.82, 2.24) is 9.47 Å². The Hall–Kier alpha value is -1.95. The highest BCUT2D eigenvalue weighted by atomic mass is 35.5. The zero-order valence-electron chi connectivity index (χ0n) is 17.4. The van der Waals surface area contributed by atoms with Crippen LogP contribution in [-0.4, -0.2) is 45.5 Å². The van der Waals surface area contributed by atoms with E-state index in [9.17, 15) is 9.90 Å². The van der Waals surface area contributed by atoms with Gasteiger partial charge in [-0.2, -0.15) is 0 Å². The number of halogens is 2. The van der Waals surface area contributed by atoms with Crippen molar-refractivity contribution in [3.05, 3.63) is 46.4 Å². The first-order valence-electron chi connectivity index (χ1n) is 10.2. The monoisotopic (exact) mass is 448 g/mol. The first-order valence-corrected chi connectivity index (χ1v) is 10.9. The molecule has 1 aromatic heterocycles. The molecule has 7 heteroatoms. The molecule has 0 saturated carbocycles. The summed E-state index contributed by atoms with van der Waals surface area (Å²) >= 11 is 12.5. The third kappa shape index (κ3) is 4.11. The largest absolute Gasteiger partial charge is 0.444 e. The SMILES string of the molecule is CC(C)(C)OC(=O)N1CCC[C@H](n2c3ccc(Cl)cc3c3cc(Cl)ccc32)[C@@H](O)C1. The molecule has 2 heterocycles. The average Bonchev–Trinajstić information content (AvgIpc) is 2.81. The van der Waals surface area contributed by atoms with Gasteiger partial charge in [0.05, 0.1) is 18.7 Å². The summed E-state index contributed by atoms with van der Waals surface area (Å²) in [6, 6.07) is 11.4. The van der Waals surface area contributed by atoms with Crippen molar-refractivity contribution in [2.45, 2.75) is 51.4 Å². The van der Waals surface area contributed by atoms with E-state index in [1.165, 1.54) is 0 Å². The quantitative estimate of drug-likeness (QED) is 0.493. The molecule has 1 fully saturated rings. The van der Waals surface area contributed by atoms with E-state index in [4.69, 9.17) is 27.9 Å². The summed E-state index contributed by atoms with van der Waals surface area (Å²) in [4.78, 5) is 14.2. The molecule has 1 N–H and O–H groups in total. The molecular weight excluding hydrogens is 423 g/mol. The second-order valence-corrected chi connectivity index (χ2v) is 9.77. The van der Waals surface area contributed by atoms with Gasteiger partial charge in [0.15, 0.2) is 0 Å². The number of fused-ring (bicyclic) bond motifs is 3. The Labute approximate surface area is 186 Å². The number of benzene rings is 2. The van der Waals surface area contributed by atoms with Crippen LogP contribution in [0, 0.1) is 0 Å². The number of amides is 1. The van der Waals surface area contributed by atoms with Crippen LogP contribution in [0.1, 0.15) is 39.7 Å². The van der Waals surface area contributed by atoms with Gasteiger partial charge in [0, 0.05) is 38.4 Å². The van der Waals surface area contributed by atoms with E-state index in [0.717, 1.165) is 34.6 Å². The number of hydrogen-bond acceptors (Lipinski definition) is 3. The van der Waals surface area contributed by atoms with Gasteiger partial charge < -0.3 is 19.3 Å². The smallest absolute Gasteiger partial charge is 0.410 e. The van der Waals surface area contributed by atoms with Crippen LogP contribution >= 0.6 is 23.2 Å². The van der Waals surface area contributed by atoms with Crippen LogP contribution in [0.25, 0.3) is 21.8 Å². The summed E-state index contributed by atoms with van der Waals surface area (Å²) < 4.78 is 7.68. The molecule has 0 aliphatic carbocycles. The Kier molecular flexibility index (Phi) is 5.64. The molecule has 1 saturated heterocycles. The molecular formula is C23H26Cl2N2O3. The van der Waals surface area contributed by atoms with Gasteiger partial charge in [-0.05, 0) is 70.0 Å². The lowest BCUT2D eigenvalue weighted by molar-refractivity contribution is 0.0142. The van der Waals surface area contributed by atoms with Crippen molar-refractivity contribution in [1.29, 1.82) is 0 Å². The van der Waals surface area contributed by atoms with Crippen LogP contribution in [0.3, 0.4) is 0 Å². The molecule has 0 bridgehead atoms. The van der Waals surface area contributed by atoms with Crippen LogP contribution in [0.4, 0.5) is 4.79 Å². The van der Waals surface area contributed by atoms with E-state index in [1.54, 1.807) is 4.90 Å². The minimum atomic E-state index is -0.731. The Bertz CT molecular complexity index is 1040. The van der Waals surface area contributed by atoms with Gasteiger partial charge in [-0.15, -0.1) is 0 Å². The van der Waals surface area contributed by atoms with Crippen molar-refractivity contribution in [3.8, 4) is 0 Å². The van der Waals surface area contributed by atoms with E-state index >= 15 is 0 Å². The maximum absolute atomic E-state index is 12.6. The van der Waals surface area contributed by atoms with Crippen molar-refractivity contribution in [2.75, 3.05) is 13.1 Å². The molecule has 3 aromatic rings. The minimum absolute atomic E-state index is 0.181. The third-order valence-electron chi connectivity index (χ3n) is 5.49. The molecule has 2 atom stereocenters. The highest BCUT2D eigenvalue weighted by Crippen LogP contribution is 2.38. The number of hydrogen-bond donors (Lipinski definition) is 1. The second kappa shape index (κ2) is 7.95. The number of aliphatic hydroxyl groups is 1. The van der Waals surface area contributed by atoms with Crippen LogP contribution in [0.2, 0.25) is 10.0 Å². The Morgan fingerprint density at radius 1 is 1.07 bits per heavy atom. The molecule has 30 heavy (non-hydrogen) atoms. The normalized spacial score (nSPS) is 20.5. The maximum Gasteiger partial charge on any atom is 0.410 e. The number of likely N-dealkylation sites (tertiary alicyclic amines) is 1. The van der Waals surface area contributed by atoms with E-state index < -0.39 is 11.7 Å². The zero-order chi connectivity index (χ0) is 21.6. The number of aliphatic hydroxyl groups excluding tert-OH is 1. The number of rotatable bonds is 1. The van der Waals surface area contributed by atoms with Gasteiger partial charge in [-0.1, -0.05) is 23.2 Å². The lowest BCUT2D eigenvalue weighted by Gasteiger charge is -2.29. The van der Waals surface area contributed by atoms with Crippen LogP contribution in [0.5, 0.6) is 0 Å². The molecule has 2 aromatic carbocycles. The number of aromatic nitrogens is 1. The Balaban J connectivity index is 1.74. The van der Waals surface area contributed by atoms with E-state index in [-0.39, 0.29) is 18.7 Å². The summed E-state index contributed by atoms with van der Waals surface area (Å²) in [6.07, 6.45) is 0.390. The zero-order valence-corrected chi connectivity index (χ0v) is 18.9. The predicted octanol–water partition coefficient (Wildman–Crippen LogP) is 6.03. The minimum Gasteiger partial charge on any atom is -0.444 e. The third-order valence-corrected chi connectivity index (χ3v) is 5.96. The molecule has 1 aliphatic rings. The molecule has 0 radical (unpaired) electrons. The molecule has 4 rings (SSSR count). The standard InChI is InChI=1S/C23H26Cl2N2O3/c1-23(2,3)30-22(29)26-10-4-5-20(21(28)13-26)27-18-8-6-14(24)11-16(18)17-12-15(25)7-9-19(17)27/h6-9,11-12,20-21,28H,4-5,10,13H2,1-3H3/t20-,21-/m0/s1. The fraction of sp³-hybridized carbons (Fsp3) is 0.435. The van der Waals surface area contributed by atoms with Gasteiger partial charge in [0.2, 0.25) is 0 Å². The maximum atomic E-state index is 12.6. The highest BCUT2D eigenvalue weighted by molar-refractivity contribution is 6.33. The lowest BCUT2D eigenvalue weighted by atomic mass is 10.1. The molecule has 160 valence electrons. The first-order chi connectivity index (χ1) is 14.1. The van der Waals surface area contributed by atoms with E-state index in [2.05, 4.69) is 4.57 Å². The topological polar surface area (TPSA) is 54.7 Å². The van der Waals surface area contributed by atoms with E-state index in [1.807, 2.05) is 57.2 Å². The van der Waals surface area contributed by atoms with E-state index in [0.29, 0.717) is 16.6 Å². The number of nitrogens with zero attached hydrogens (tertiary/aromatic N) is 2. The number of carbonyl (C=O) groups excluding carboxylic acids is 1. The van der Waals surface area contributed by atoms with Gasteiger partial charge >= 0.3 is 6.09 Å².